The molecule has 30 heavy (non-hydrogen) atoms. The first-order valence-corrected chi connectivity index (χ1v) is 10.1. The lowest BCUT2D eigenvalue weighted by Crippen LogP contribution is -2.24. The SMILES string of the molecule is CCOc1ccc(/C=C2\C(=O)N(c3cccc(Br)c3)C(C)=C2C(=O)OC)cc1OC. The molecule has 6 nitrogen and oxygen atoms in total. The van der Waals surface area contributed by atoms with Crippen molar-refractivity contribution in [2.75, 3.05) is 25.7 Å². The van der Waals surface area contributed by atoms with Gasteiger partial charge in [-0.2, -0.15) is 0 Å². The lowest BCUT2D eigenvalue weighted by Gasteiger charge is -2.18. The summed E-state index contributed by atoms with van der Waals surface area (Å²) in [5.41, 5.74) is 2.35. The van der Waals surface area contributed by atoms with E-state index < -0.39 is 5.97 Å². The fraction of sp³-hybridized carbons (Fsp3) is 0.217. The molecule has 0 radical (unpaired) electrons. The van der Waals surface area contributed by atoms with Crippen molar-refractivity contribution in [2.45, 2.75) is 13.8 Å². The minimum atomic E-state index is -0.567. The average molecular weight is 472 g/mol. The Balaban J connectivity index is 2.11. The van der Waals surface area contributed by atoms with Crippen molar-refractivity contribution in [1.29, 1.82) is 0 Å². The van der Waals surface area contributed by atoms with E-state index in [4.69, 9.17) is 14.2 Å². The van der Waals surface area contributed by atoms with Crippen LogP contribution in [0.5, 0.6) is 11.5 Å². The number of allylic oxidation sites excluding steroid dienone is 1. The van der Waals surface area contributed by atoms with Gasteiger partial charge in [0.2, 0.25) is 0 Å². The summed E-state index contributed by atoms with van der Waals surface area (Å²) in [5.74, 6) is 0.276. The quantitative estimate of drug-likeness (QED) is 0.449. The minimum Gasteiger partial charge on any atom is -0.493 e. The van der Waals surface area contributed by atoms with Gasteiger partial charge in [0.25, 0.3) is 5.91 Å². The number of nitrogens with zero attached hydrogens (tertiary/aromatic N) is 1. The summed E-state index contributed by atoms with van der Waals surface area (Å²) in [6, 6.07) is 12.7. The second-order valence-corrected chi connectivity index (χ2v) is 7.39. The molecule has 0 saturated carbocycles. The van der Waals surface area contributed by atoms with Crippen LogP contribution in [0, 0.1) is 0 Å². The number of rotatable bonds is 6. The van der Waals surface area contributed by atoms with E-state index in [1.807, 2.05) is 31.2 Å². The first kappa shape index (κ1) is 21.6. The van der Waals surface area contributed by atoms with Gasteiger partial charge in [0.05, 0.1) is 37.7 Å². The summed E-state index contributed by atoms with van der Waals surface area (Å²) in [7, 11) is 2.85. The van der Waals surface area contributed by atoms with Crippen LogP contribution in [-0.4, -0.2) is 32.7 Å². The first-order chi connectivity index (χ1) is 14.4. The van der Waals surface area contributed by atoms with Crippen LogP contribution in [0.2, 0.25) is 0 Å². The molecule has 0 saturated heterocycles. The predicted molar refractivity (Wildman–Crippen MR) is 118 cm³/mol. The summed E-state index contributed by atoms with van der Waals surface area (Å²) in [6.45, 7) is 4.12. The van der Waals surface area contributed by atoms with E-state index in [9.17, 15) is 9.59 Å². The van der Waals surface area contributed by atoms with Crippen molar-refractivity contribution in [3.05, 3.63) is 69.3 Å². The fourth-order valence-corrected chi connectivity index (χ4v) is 3.71. The molecule has 1 aliphatic rings. The third-order valence-electron chi connectivity index (χ3n) is 4.65. The number of carbonyl (C=O) groups is 2. The number of benzene rings is 2. The molecule has 0 N–H and O–H groups in total. The van der Waals surface area contributed by atoms with Gasteiger partial charge in [0.15, 0.2) is 11.5 Å². The highest BCUT2D eigenvalue weighted by atomic mass is 79.9. The normalized spacial score (nSPS) is 15.0. The molecule has 0 atom stereocenters. The van der Waals surface area contributed by atoms with E-state index in [1.54, 1.807) is 38.3 Å². The van der Waals surface area contributed by atoms with Gasteiger partial charge in [-0.1, -0.05) is 28.1 Å². The summed E-state index contributed by atoms with van der Waals surface area (Å²) in [4.78, 5) is 27.4. The van der Waals surface area contributed by atoms with Gasteiger partial charge in [0, 0.05) is 10.2 Å². The topological polar surface area (TPSA) is 65.1 Å². The number of methoxy groups -OCH3 is 2. The van der Waals surface area contributed by atoms with Crippen LogP contribution in [0.15, 0.2) is 63.8 Å². The molecule has 2 aromatic carbocycles. The number of hydrogen-bond donors (Lipinski definition) is 0. The Kier molecular flexibility index (Phi) is 6.62. The number of halogens is 1. The molecule has 156 valence electrons. The van der Waals surface area contributed by atoms with Crippen LogP contribution in [0.4, 0.5) is 5.69 Å². The van der Waals surface area contributed by atoms with E-state index in [-0.39, 0.29) is 17.1 Å². The number of hydrogen-bond acceptors (Lipinski definition) is 5. The second kappa shape index (κ2) is 9.17. The molecule has 1 heterocycles. The van der Waals surface area contributed by atoms with E-state index in [2.05, 4.69) is 15.9 Å². The zero-order valence-corrected chi connectivity index (χ0v) is 18.8. The summed E-state index contributed by atoms with van der Waals surface area (Å²) >= 11 is 3.43. The lowest BCUT2D eigenvalue weighted by molar-refractivity contribution is -0.136. The van der Waals surface area contributed by atoms with Gasteiger partial charge < -0.3 is 14.2 Å². The molecule has 0 bridgehead atoms. The van der Waals surface area contributed by atoms with Crippen LogP contribution < -0.4 is 14.4 Å². The van der Waals surface area contributed by atoms with Gasteiger partial charge in [-0.05, 0) is 55.8 Å². The Morgan fingerprint density at radius 2 is 1.90 bits per heavy atom. The van der Waals surface area contributed by atoms with Crippen LogP contribution in [-0.2, 0) is 14.3 Å². The van der Waals surface area contributed by atoms with E-state index in [0.717, 1.165) is 4.47 Å². The Hall–Kier alpha value is -3.06. The maximum Gasteiger partial charge on any atom is 0.340 e. The van der Waals surface area contributed by atoms with E-state index in [1.165, 1.54) is 12.0 Å². The number of anilines is 1. The number of amides is 1. The van der Waals surface area contributed by atoms with Gasteiger partial charge in [-0.15, -0.1) is 0 Å². The van der Waals surface area contributed by atoms with Gasteiger partial charge in [-0.3, -0.25) is 9.69 Å². The zero-order valence-electron chi connectivity index (χ0n) is 17.2. The first-order valence-electron chi connectivity index (χ1n) is 9.33. The molecule has 3 rings (SSSR count). The zero-order chi connectivity index (χ0) is 21.8. The summed E-state index contributed by atoms with van der Waals surface area (Å²) in [5, 5.41) is 0. The van der Waals surface area contributed by atoms with Gasteiger partial charge in [0.1, 0.15) is 0 Å². The molecule has 1 amide bonds. The highest BCUT2D eigenvalue weighted by molar-refractivity contribution is 9.10. The van der Waals surface area contributed by atoms with Crippen molar-refractivity contribution in [1.82, 2.24) is 0 Å². The Morgan fingerprint density at radius 3 is 2.53 bits per heavy atom. The van der Waals surface area contributed by atoms with Gasteiger partial charge >= 0.3 is 5.97 Å². The fourth-order valence-electron chi connectivity index (χ4n) is 3.32. The maximum atomic E-state index is 13.3. The molecular weight excluding hydrogens is 450 g/mol. The second-order valence-electron chi connectivity index (χ2n) is 6.47. The van der Waals surface area contributed by atoms with Crippen molar-refractivity contribution in [2.24, 2.45) is 0 Å². The van der Waals surface area contributed by atoms with Gasteiger partial charge in [-0.25, -0.2) is 4.79 Å². The molecule has 0 aliphatic carbocycles. The van der Waals surface area contributed by atoms with Crippen LogP contribution in [0.25, 0.3) is 6.08 Å². The monoisotopic (exact) mass is 471 g/mol. The molecule has 7 heteroatoms. The van der Waals surface area contributed by atoms with Crippen LogP contribution in [0.1, 0.15) is 19.4 Å². The number of carbonyl (C=O) groups excluding carboxylic acids is 2. The maximum absolute atomic E-state index is 13.3. The van der Waals surface area contributed by atoms with E-state index in [0.29, 0.717) is 35.1 Å². The lowest BCUT2D eigenvalue weighted by atomic mass is 10.0. The van der Waals surface area contributed by atoms with Crippen LogP contribution >= 0.6 is 15.9 Å². The molecule has 0 unspecified atom stereocenters. The summed E-state index contributed by atoms with van der Waals surface area (Å²) in [6.07, 6.45) is 1.66. The third kappa shape index (κ3) is 4.11. The molecule has 0 fully saturated rings. The third-order valence-corrected chi connectivity index (χ3v) is 5.15. The highest BCUT2D eigenvalue weighted by Gasteiger charge is 2.38. The Morgan fingerprint density at radius 1 is 1.13 bits per heavy atom. The average Bonchev–Trinajstić information content (AvgIpc) is 2.98. The van der Waals surface area contributed by atoms with Crippen LogP contribution in [0.3, 0.4) is 0 Å². The van der Waals surface area contributed by atoms with Crippen molar-refractivity contribution in [3.8, 4) is 11.5 Å². The molecular formula is C23H22BrNO5. The molecule has 0 spiro atoms. The molecule has 2 aromatic rings. The largest absolute Gasteiger partial charge is 0.493 e. The minimum absolute atomic E-state index is 0.232. The number of ether oxygens (including phenoxy) is 3. The highest BCUT2D eigenvalue weighted by Crippen LogP contribution is 2.37. The number of esters is 1. The van der Waals surface area contributed by atoms with Crippen molar-refractivity contribution >= 4 is 39.6 Å². The summed E-state index contributed by atoms with van der Waals surface area (Å²) < 4.78 is 16.7. The Bertz CT molecular complexity index is 1060. The Labute approximate surface area is 183 Å². The van der Waals surface area contributed by atoms with E-state index >= 15 is 0 Å². The molecule has 1 aliphatic heterocycles. The predicted octanol–water partition coefficient (Wildman–Crippen LogP) is 4.73. The molecule has 0 aromatic heterocycles. The standard InChI is InChI=1S/C23H22BrNO5/c1-5-30-19-10-9-15(12-20(19)28-3)11-18-21(23(27)29-4)14(2)25(22(18)26)17-8-6-7-16(24)13-17/h6-13H,5H2,1-4H3/b18-11-. The van der Waals surface area contributed by atoms with Crippen molar-refractivity contribution < 1.29 is 23.8 Å². The van der Waals surface area contributed by atoms with Crippen molar-refractivity contribution in [3.63, 3.8) is 0 Å². The smallest absolute Gasteiger partial charge is 0.340 e.